The van der Waals surface area contributed by atoms with E-state index in [0.717, 1.165) is 35.2 Å². The molecule has 2 aromatic carbocycles. The largest absolute Gasteiger partial charge is 0.349 e. The molecule has 4 aromatic rings. The Morgan fingerprint density at radius 2 is 1.83 bits per heavy atom. The molecule has 150 valence electrons. The molecule has 1 amide bonds. The summed E-state index contributed by atoms with van der Waals surface area (Å²) in [6.07, 6.45) is 3.31. The molecule has 1 aliphatic rings. The molecule has 5 rings (SSSR count). The van der Waals surface area contributed by atoms with Crippen LogP contribution in [0.25, 0.3) is 16.5 Å². The predicted octanol–water partition coefficient (Wildman–Crippen LogP) is 4.21. The van der Waals surface area contributed by atoms with E-state index >= 15 is 0 Å². The maximum absolute atomic E-state index is 13.1. The van der Waals surface area contributed by atoms with E-state index in [9.17, 15) is 9.18 Å². The molecule has 6 nitrogen and oxygen atoms in total. The second-order valence-corrected chi connectivity index (χ2v) is 8.13. The summed E-state index contributed by atoms with van der Waals surface area (Å²) >= 11 is 1.52. The van der Waals surface area contributed by atoms with Crippen LogP contribution in [-0.2, 0) is 0 Å². The van der Waals surface area contributed by atoms with Gasteiger partial charge in [-0.3, -0.25) is 9.36 Å². The van der Waals surface area contributed by atoms with Gasteiger partial charge in [0.15, 0.2) is 10.8 Å². The minimum absolute atomic E-state index is 0.0526. The predicted molar refractivity (Wildman–Crippen MR) is 112 cm³/mol. The first-order valence-electron chi connectivity index (χ1n) is 9.66. The second-order valence-electron chi connectivity index (χ2n) is 7.24. The van der Waals surface area contributed by atoms with Gasteiger partial charge in [0.05, 0.1) is 0 Å². The molecule has 0 spiro atoms. The summed E-state index contributed by atoms with van der Waals surface area (Å²) in [5.41, 5.74) is 1.44. The zero-order valence-corrected chi connectivity index (χ0v) is 16.7. The molecule has 1 fully saturated rings. The molecule has 30 heavy (non-hydrogen) atoms. The number of halogens is 1. The zero-order chi connectivity index (χ0) is 20.5. The highest BCUT2D eigenvalue weighted by molar-refractivity contribution is 7.13. The Labute approximate surface area is 176 Å². The molecular formula is C22H18FN5OS. The SMILES string of the molecule is O=C(NC1CC(c2nnc(-c3nccs3)n2-c2ccccc2)C1)c1ccc(F)cc1. The zero-order valence-electron chi connectivity index (χ0n) is 15.9. The molecule has 2 aromatic heterocycles. The quantitative estimate of drug-likeness (QED) is 0.526. The van der Waals surface area contributed by atoms with Crippen LogP contribution in [0.2, 0.25) is 0 Å². The van der Waals surface area contributed by atoms with Gasteiger partial charge in [-0.1, -0.05) is 18.2 Å². The fraction of sp³-hybridized carbons (Fsp3) is 0.182. The third kappa shape index (κ3) is 3.50. The van der Waals surface area contributed by atoms with Crippen LogP contribution in [0.1, 0.15) is 34.9 Å². The highest BCUT2D eigenvalue weighted by Gasteiger charge is 2.36. The first-order valence-corrected chi connectivity index (χ1v) is 10.5. The van der Waals surface area contributed by atoms with Crippen LogP contribution in [0.4, 0.5) is 4.39 Å². The summed E-state index contributed by atoms with van der Waals surface area (Å²) < 4.78 is 15.1. The molecule has 0 saturated heterocycles. The minimum atomic E-state index is -0.355. The molecule has 1 N–H and O–H groups in total. The summed E-state index contributed by atoms with van der Waals surface area (Å²) in [4.78, 5) is 16.8. The third-order valence-electron chi connectivity index (χ3n) is 5.27. The van der Waals surface area contributed by atoms with Gasteiger partial charge in [0.25, 0.3) is 5.91 Å². The Kier molecular flexibility index (Phi) is 4.84. The molecule has 0 unspecified atom stereocenters. The summed E-state index contributed by atoms with van der Waals surface area (Å²) in [5, 5.41) is 14.6. The Hall–Kier alpha value is -3.39. The van der Waals surface area contributed by atoms with Gasteiger partial charge in [0, 0.05) is 34.8 Å². The Morgan fingerprint density at radius 3 is 2.53 bits per heavy atom. The lowest BCUT2D eigenvalue weighted by Gasteiger charge is -2.35. The van der Waals surface area contributed by atoms with Crippen LogP contribution >= 0.6 is 11.3 Å². The maximum Gasteiger partial charge on any atom is 0.251 e. The van der Waals surface area contributed by atoms with Crippen molar-refractivity contribution in [2.24, 2.45) is 0 Å². The minimum Gasteiger partial charge on any atom is -0.349 e. The van der Waals surface area contributed by atoms with E-state index in [2.05, 4.69) is 25.1 Å². The lowest BCUT2D eigenvalue weighted by Crippen LogP contribution is -2.44. The summed E-state index contributed by atoms with van der Waals surface area (Å²) in [7, 11) is 0. The van der Waals surface area contributed by atoms with Crippen LogP contribution < -0.4 is 5.32 Å². The van der Waals surface area contributed by atoms with Crippen LogP contribution in [-0.4, -0.2) is 31.7 Å². The Bertz CT molecular complexity index is 1150. The van der Waals surface area contributed by atoms with Gasteiger partial charge in [0.2, 0.25) is 0 Å². The molecule has 0 atom stereocenters. The van der Waals surface area contributed by atoms with Crippen molar-refractivity contribution in [1.82, 2.24) is 25.1 Å². The second kappa shape index (κ2) is 7.79. The Morgan fingerprint density at radius 1 is 1.07 bits per heavy atom. The first kappa shape index (κ1) is 18.6. The van der Waals surface area contributed by atoms with Gasteiger partial charge in [-0.25, -0.2) is 9.37 Å². The summed E-state index contributed by atoms with van der Waals surface area (Å²) in [5.74, 6) is 1.24. The molecule has 0 aliphatic heterocycles. The van der Waals surface area contributed by atoms with Crippen molar-refractivity contribution in [3.8, 4) is 16.5 Å². The van der Waals surface area contributed by atoms with Crippen molar-refractivity contribution < 1.29 is 9.18 Å². The number of carbonyl (C=O) groups excluding carboxylic acids is 1. The smallest absolute Gasteiger partial charge is 0.251 e. The van der Waals surface area contributed by atoms with E-state index in [0.29, 0.717) is 5.56 Å². The highest BCUT2D eigenvalue weighted by atomic mass is 32.1. The van der Waals surface area contributed by atoms with Crippen molar-refractivity contribution in [3.63, 3.8) is 0 Å². The van der Waals surface area contributed by atoms with E-state index in [1.165, 1.54) is 35.6 Å². The van der Waals surface area contributed by atoms with Crippen molar-refractivity contribution in [1.29, 1.82) is 0 Å². The van der Waals surface area contributed by atoms with Crippen molar-refractivity contribution >= 4 is 17.2 Å². The van der Waals surface area contributed by atoms with Crippen LogP contribution in [0, 0.1) is 5.82 Å². The van der Waals surface area contributed by atoms with E-state index in [1.807, 2.05) is 35.7 Å². The van der Waals surface area contributed by atoms with Gasteiger partial charge >= 0.3 is 0 Å². The van der Waals surface area contributed by atoms with Gasteiger partial charge < -0.3 is 5.32 Å². The fourth-order valence-corrected chi connectivity index (χ4v) is 4.29. The monoisotopic (exact) mass is 419 g/mol. The van der Waals surface area contributed by atoms with E-state index in [4.69, 9.17) is 0 Å². The van der Waals surface area contributed by atoms with E-state index in [-0.39, 0.29) is 23.7 Å². The number of aromatic nitrogens is 4. The van der Waals surface area contributed by atoms with Crippen molar-refractivity contribution in [3.05, 3.63) is 83.4 Å². The lowest BCUT2D eigenvalue weighted by atomic mass is 9.79. The number of carbonyl (C=O) groups is 1. The first-order chi connectivity index (χ1) is 14.7. The van der Waals surface area contributed by atoms with Gasteiger partial charge in [-0.05, 0) is 49.2 Å². The van der Waals surface area contributed by atoms with Gasteiger partial charge in [0.1, 0.15) is 11.6 Å². The summed E-state index contributed by atoms with van der Waals surface area (Å²) in [6, 6.07) is 15.6. The average Bonchev–Trinajstić information content (AvgIpc) is 3.41. The third-order valence-corrected chi connectivity index (χ3v) is 6.04. The highest BCUT2D eigenvalue weighted by Crippen LogP contribution is 2.38. The lowest BCUT2D eigenvalue weighted by molar-refractivity contribution is 0.0907. The van der Waals surface area contributed by atoms with Gasteiger partial charge in [-0.2, -0.15) is 0 Å². The standard InChI is InChI=1S/C22H18FN5OS/c23-16-8-6-14(7-9-16)21(29)25-17-12-15(13-17)19-26-27-20(22-24-10-11-30-22)28(19)18-4-2-1-3-5-18/h1-11,15,17H,12-13H2,(H,25,29). The molecule has 1 aliphatic carbocycles. The molecular weight excluding hydrogens is 401 g/mol. The number of benzene rings is 2. The molecule has 0 bridgehead atoms. The average molecular weight is 419 g/mol. The number of amides is 1. The number of para-hydroxylation sites is 1. The number of nitrogens with one attached hydrogen (secondary N) is 1. The number of thiazole rings is 1. The Balaban J connectivity index is 1.35. The molecule has 8 heteroatoms. The number of hydrogen-bond acceptors (Lipinski definition) is 5. The van der Waals surface area contributed by atoms with Gasteiger partial charge in [-0.15, -0.1) is 21.5 Å². The fourth-order valence-electron chi connectivity index (χ4n) is 3.68. The number of hydrogen-bond donors (Lipinski definition) is 1. The summed E-state index contributed by atoms with van der Waals surface area (Å²) in [6.45, 7) is 0. The topological polar surface area (TPSA) is 72.7 Å². The molecule has 1 saturated carbocycles. The molecule has 0 radical (unpaired) electrons. The van der Waals surface area contributed by atoms with Crippen molar-refractivity contribution in [2.45, 2.75) is 24.8 Å². The van der Waals surface area contributed by atoms with Crippen molar-refractivity contribution in [2.75, 3.05) is 0 Å². The molecule has 2 heterocycles. The normalized spacial score (nSPS) is 18.0. The van der Waals surface area contributed by atoms with Crippen LogP contribution in [0.3, 0.4) is 0 Å². The van der Waals surface area contributed by atoms with Crippen LogP contribution in [0.5, 0.6) is 0 Å². The van der Waals surface area contributed by atoms with E-state index in [1.54, 1.807) is 6.20 Å². The number of nitrogens with zero attached hydrogens (tertiary/aromatic N) is 4. The van der Waals surface area contributed by atoms with Crippen LogP contribution in [0.15, 0.2) is 66.2 Å². The van der Waals surface area contributed by atoms with E-state index < -0.39 is 0 Å². The number of rotatable bonds is 5. The maximum atomic E-state index is 13.1.